The highest BCUT2D eigenvalue weighted by atomic mass is 35.5. The van der Waals surface area contributed by atoms with Crippen LogP contribution in [0.25, 0.3) is 0 Å². The molecule has 5 nitrogen and oxygen atoms in total. The number of nitrogens with two attached hydrogens (primary N) is 1. The minimum Gasteiger partial charge on any atom is -0.335 e. The number of carbonyl (C=O) groups is 1. The van der Waals surface area contributed by atoms with Gasteiger partial charge in [-0.15, -0.1) is 11.3 Å². The largest absolute Gasteiger partial charge is 0.335 e. The fourth-order valence-corrected chi connectivity index (χ4v) is 3.68. The number of halogens is 1. The van der Waals surface area contributed by atoms with Crippen LogP contribution in [0.5, 0.6) is 0 Å². The Labute approximate surface area is 151 Å². The van der Waals surface area contributed by atoms with Crippen LogP contribution < -0.4 is 5.73 Å². The predicted octanol–water partition coefficient (Wildman–Crippen LogP) is 2.26. The molecule has 1 amide bonds. The Morgan fingerprint density at radius 1 is 1.21 bits per heavy atom. The third kappa shape index (κ3) is 4.33. The number of nitrogens with zero attached hydrogens (tertiary/aromatic N) is 3. The molecule has 1 aromatic carbocycles. The molecule has 0 aliphatic carbocycles. The van der Waals surface area contributed by atoms with E-state index in [-0.39, 0.29) is 5.91 Å². The molecule has 0 spiro atoms. The molecule has 0 radical (unpaired) electrons. The summed E-state index contributed by atoms with van der Waals surface area (Å²) >= 11 is 7.43. The van der Waals surface area contributed by atoms with Gasteiger partial charge in [0.15, 0.2) is 0 Å². The van der Waals surface area contributed by atoms with Crippen LogP contribution in [0.3, 0.4) is 0 Å². The Morgan fingerprint density at radius 2 is 1.92 bits per heavy atom. The van der Waals surface area contributed by atoms with Gasteiger partial charge in [-0.25, -0.2) is 4.98 Å². The molecule has 0 unspecified atom stereocenters. The highest BCUT2D eigenvalue weighted by Gasteiger charge is 2.23. The average molecular weight is 365 g/mol. The molecule has 1 fully saturated rings. The fourth-order valence-electron chi connectivity index (χ4n) is 2.77. The molecule has 2 N–H and O–H groups in total. The number of rotatable bonds is 5. The van der Waals surface area contributed by atoms with E-state index in [0.29, 0.717) is 12.2 Å². The molecule has 1 saturated heterocycles. The zero-order valence-electron chi connectivity index (χ0n) is 13.4. The van der Waals surface area contributed by atoms with Crippen molar-refractivity contribution in [1.29, 1.82) is 0 Å². The van der Waals surface area contributed by atoms with Gasteiger partial charge < -0.3 is 10.6 Å². The van der Waals surface area contributed by atoms with Gasteiger partial charge in [-0.3, -0.25) is 9.69 Å². The number of hydrogen-bond acceptors (Lipinski definition) is 5. The van der Waals surface area contributed by atoms with Crippen molar-refractivity contribution in [2.45, 2.75) is 13.0 Å². The van der Waals surface area contributed by atoms with Gasteiger partial charge in [0.05, 0.1) is 5.01 Å². The number of aromatic nitrogens is 1. The predicted molar refractivity (Wildman–Crippen MR) is 97.5 cm³/mol. The lowest BCUT2D eigenvalue weighted by molar-refractivity contribution is 0.0623. The van der Waals surface area contributed by atoms with Gasteiger partial charge in [0.2, 0.25) is 0 Å². The van der Waals surface area contributed by atoms with Crippen LogP contribution in [0.2, 0.25) is 5.02 Å². The molecule has 0 bridgehead atoms. The molecule has 1 aromatic heterocycles. The zero-order valence-corrected chi connectivity index (χ0v) is 15.0. The monoisotopic (exact) mass is 364 g/mol. The summed E-state index contributed by atoms with van der Waals surface area (Å²) in [6, 6.07) is 7.93. The van der Waals surface area contributed by atoms with Crippen molar-refractivity contribution in [3.63, 3.8) is 0 Å². The summed E-state index contributed by atoms with van der Waals surface area (Å²) in [6.45, 7) is 4.65. The number of amides is 1. The summed E-state index contributed by atoms with van der Waals surface area (Å²) in [6.07, 6.45) is 0.729. The molecule has 128 valence electrons. The van der Waals surface area contributed by atoms with Crippen molar-refractivity contribution in [3.05, 3.63) is 50.9 Å². The minimum absolute atomic E-state index is 0.0284. The van der Waals surface area contributed by atoms with E-state index in [9.17, 15) is 4.79 Å². The first-order valence-electron chi connectivity index (χ1n) is 8.06. The Bertz CT molecular complexity index is 680. The van der Waals surface area contributed by atoms with E-state index in [2.05, 4.69) is 9.88 Å². The maximum atomic E-state index is 12.5. The van der Waals surface area contributed by atoms with E-state index in [1.54, 1.807) is 0 Å². The first-order chi connectivity index (χ1) is 11.7. The standard InChI is InChI=1S/C17H21ClN4OS/c18-14-3-1-13(2-4-14)11-21-7-9-22(10-8-21)17(23)15-12-24-16(20-15)5-6-19/h1-4,12H,5-11,19H2. The van der Waals surface area contributed by atoms with Crippen LogP contribution in [0.1, 0.15) is 21.1 Å². The van der Waals surface area contributed by atoms with E-state index in [4.69, 9.17) is 17.3 Å². The van der Waals surface area contributed by atoms with E-state index in [1.807, 2.05) is 34.5 Å². The van der Waals surface area contributed by atoms with Crippen LogP contribution in [0.15, 0.2) is 29.6 Å². The zero-order chi connectivity index (χ0) is 16.9. The summed E-state index contributed by atoms with van der Waals surface area (Å²) in [5, 5.41) is 3.53. The molecular formula is C17H21ClN4OS. The molecular weight excluding hydrogens is 344 g/mol. The van der Waals surface area contributed by atoms with Crippen molar-refractivity contribution in [2.75, 3.05) is 32.7 Å². The lowest BCUT2D eigenvalue weighted by atomic mass is 10.2. The van der Waals surface area contributed by atoms with Gasteiger partial charge >= 0.3 is 0 Å². The van der Waals surface area contributed by atoms with Crippen molar-refractivity contribution in [3.8, 4) is 0 Å². The first-order valence-corrected chi connectivity index (χ1v) is 9.32. The second kappa shape index (κ2) is 8.07. The molecule has 0 saturated carbocycles. The minimum atomic E-state index is 0.0284. The van der Waals surface area contributed by atoms with Gasteiger partial charge in [0, 0.05) is 49.5 Å². The summed E-state index contributed by atoms with van der Waals surface area (Å²) in [4.78, 5) is 21.2. The Kier molecular flexibility index (Phi) is 5.84. The molecule has 1 aliphatic rings. The number of hydrogen-bond donors (Lipinski definition) is 1. The van der Waals surface area contributed by atoms with Gasteiger partial charge in [0.25, 0.3) is 5.91 Å². The third-order valence-corrected chi connectivity index (χ3v) is 5.27. The Hall–Kier alpha value is -1.47. The molecule has 24 heavy (non-hydrogen) atoms. The van der Waals surface area contributed by atoms with Gasteiger partial charge in [-0.1, -0.05) is 23.7 Å². The van der Waals surface area contributed by atoms with Crippen LogP contribution in [0.4, 0.5) is 0 Å². The molecule has 1 aliphatic heterocycles. The fraction of sp³-hybridized carbons (Fsp3) is 0.412. The summed E-state index contributed by atoms with van der Waals surface area (Å²) in [5.41, 5.74) is 7.33. The summed E-state index contributed by atoms with van der Waals surface area (Å²) in [5.74, 6) is 0.0284. The van der Waals surface area contributed by atoms with Crippen molar-refractivity contribution in [2.24, 2.45) is 5.73 Å². The van der Waals surface area contributed by atoms with E-state index in [0.717, 1.165) is 49.2 Å². The topological polar surface area (TPSA) is 62.5 Å². The van der Waals surface area contributed by atoms with E-state index >= 15 is 0 Å². The molecule has 2 aromatic rings. The highest BCUT2D eigenvalue weighted by molar-refractivity contribution is 7.09. The van der Waals surface area contributed by atoms with Gasteiger partial charge in [0.1, 0.15) is 5.69 Å². The summed E-state index contributed by atoms with van der Waals surface area (Å²) < 4.78 is 0. The lowest BCUT2D eigenvalue weighted by Gasteiger charge is -2.34. The van der Waals surface area contributed by atoms with Gasteiger partial charge in [-0.05, 0) is 24.2 Å². The second-order valence-electron chi connectivity index (χ2n) is 5.86. The summed E-state index contributed by atoms with van der Waals surface area (Å²) in [7, 11) is 0. The van der Waals surface area contributed by atoms with Gasteiger partial charge in [-0.2, -0.15) is 0 Å². The SMILES string of the molecule is NCCc1nc(C(=O)N2CCN(Cc3ccc(Cl)cc3)CC2)cs1. The van der Waals surface area contributed by atoms with E-state index < -0.39 is 0 Å². The van der Waals surface area contributed by atoms with Crippen LogP contribution >= 0.6 is 22.9 Å². The highest BCUT2D eigenvalue weighted by Crippen LogP contribution is 2.16. The maximum Gasteiger partial charge on any atom is 0.273 e. The number of piperazine rings is 1. The molecule has 0 atom stereocenters. The number of thiazole rings is 1. The Morgan fingerprint density at radius 3 is 2.58 bits per heavy atom. The van der Waals surface area contributed by atoms with Crippen molar-refractivity contribution in [1.82, 2.24) is 14.8 Å². The normalized spacial score (nSPS) is 15.7. The third-order valence-electron chi connectivity index (χ3n) is 4.11. The second-order valence-corrected chi connectivity index (χ2v) is 7.24. The van der Waals surface area contributed by atoms with Crippen LogP contribution in [-0.4, -0.2) is 53.4 Å². The molecule has 7 heteroatoms. The van der Waals surface area contributed by atoms with Crippen LogP contribution in [0, 0.1) is 0 Å². The quantitative estimate of drug-likeness (QED) is 0.883. The van der Waals surface area contributed by atoms with Crippen molar-refractivity contribution < 1.29 is 4.79 Å². The van der Waals surface area contributed by atoms with Crippen LogP contribution in [-0.2, 0) is 13.0 Å². The lowest BCUT2D eigenvalue weighted by Crippen LogP contribution is -2.48. The van der Waals surface area contributed by atoms with E-state index in [1.165, 1.54) is 16.9 Å². The number of benzene rings is 1. The Balaban J connectivity index is 1.52. The smallest absolute Gasteiger partial charge is 0.273 e. The molecule has 2 heterocycles. The first kappa shape index (κ1) is 17.4. The average Bonchev–Trinajstić information content (AvgIpc) is 3.06. The van der Waals surface area contributed by atoms with Crippen molar-refractivity contribution >= 4 is 28.8 Å². The molecule has 3 rings (SSSR count). The number of carbonyl (C=O) groups excluding carboxylic acids is 1. The maximum absolute atomic E-state index is 12.5.